The van der Waals surface area contributed by atoms with E-state index in [1.807, 2.05) is 13.8 Å². The largest absolute Gasteiger partial charge is 0.393 e. The van der Waals surface area contributed by atoms with Gasteiger partial charge in [-0.3, -0.25) is 0 Å². The Labute approximate surface area is 117 Å². The first kappa shape index (κ1) is 17.1. The first-order valence-electron chi connectivity index (χ1n) is 6.69. The van der Waals surface area contributed by atoms with Crippen molar-refractivity contribution in [1.29, 1.82) is 5.26 Å². The molecular formula is C15H26N2S. The molecule has 0 heterocycles. The molecule has 0 aromatic carbocycles. The van der Waals surface area contributed by atoms with Gasteiger partial charge in [-0.25, -0.2) is 0 Å². The van der Waals surface area contributed by atoms with Gasteiger partial charge in [-0.15, -0.1) is 0 Å². The van der Waals surface area contributed by atoms with Crippen LogP contribution in [0.1, 0.15) is 59.3 Å². The monoisotopic (exact) mass is 266 g/mol. The predicted octanol–water partition coefficient (Wildman–Crippen LogP) is 4.36. The molecule has 0 saturated heterocycles. The van der Waals surface area contributed by atoms with Gasteiger partial charge in [-0.05, 0) is 46.0 Å². The average molecular weight is 266 g/mol. The highest BCUT2D eigenvalue weighted by atomic mass is 32.1. The molecule has 2 N–H and O–H groups in total. The second-order valence-electron chi connectivity index (χ2n) is 5.70. The van der Waals surface area contributed by atoms with Crippen LogP contribution in [0.2, 0.25) is 0 Å². The zero-order chi connectivity index (χ0) is 14.2. The lowest BCUT2D eigenvalue weighted by Gasteiger charge is -2.18. The minimum atomic E-state index is -0.303. The van der Waals surface area contributed by atoms with E-state index in [2.05, 4.69) is 19.6 Å². The van der Waals surface area contributed by atoms with Crippen molar-refractivity contribution in [2.24, 2.45) is 17.1 Å². The molecule has 0 aliphatic carbocycles. The fourth-order valence-electron chi connectivity index (χ4n) is 2.13. The molecule has 0 spiro atoms. The van der Waals surface area contributed by atoms with Crippen LogP contribution in [-0.4, -0.2) is 4.99 Å². The Morgan fingerprint density at radius 2 is 2.06 bits per heavy atom. The van der Waals surface area contributed by atoms with Crippen molar-refractivity contribution in [3.8, 4) is 6.07 Å². The van der Waals surface area contributed by atoms with Crippen molar-refractivity contribution < 1.29 is 0 Å². The third-order valence-electron chi connectivity index (χ3n) is 3.12. The van der Waals surface area contributed by atoms with E-state index in [-0.39, 0.29) is 5.41 Å². The van der Waals surface area contributed by atoms with Crippen LogP contribution >= 0.6 is 12.2 Å². The summed E-state index contributed by atoms with van der Waals surface area (Å²) >= 11 is 5.08. The number of hydrogen-bond acceptors (Lipinski definition) is 2. The molecule has 0 aliphatic rings. The number of nitrogens with two attached hydrogens (primary N) is 1. The molecule has 1 atom stereocenters. The van der Waals surface area contributed by atoms with Crippen LogP contribution in [0.3, 0.4) is 0 Å². The van der Waals surface area contributed by atoms with Crippen LogP contribution in [0.15, 0.2) is 12.2 Å². The summed E-state index contributed by atoms with van der Waals surface area (Å²) in [5, 5.41) is 8.97. The number of hydrogen-bond donors (Lipinski definition) is 1. The van der Waals surface area contributed by atoms with Crippen LogP contribution in [0, 0.1) is 22.7 Å². The van der Waals surface area contributed by atoms with Crippen molar-refractivity contribution in [2.75, 3.05) is 0 Å². The van der Waals surface area contributed by atoms with Gasteiger partial charge >= 0.3 is 0 Å². The molecule has 0 bridgehead atoms. The maximum absolute atomic E-state index is 8.97. The van der Waals surface area contributed by atoms with Crippen LogP contribution in [0.5, 0.6) is 0 Å². The smallest absolute Gasteiger partial charge is 0.0758 e. The highest BCUT2D eigenvalue weighted by Crippen LogP contribution is 2.26. The Morgan fingerprint density at radius 3 is 2.50 bits per heavy atom. The minimum Gasteiger partial charge on any atom is -0.393 e. The summed E-state index contributed by atoms with van der Waals surface area (Å²) in [7, 11) is 0. The third kappa shape index (κ3) is 7.45. The highest BCUT2D eigenvalue weighted by molar-refractivity contribution is 7.80. The van der Waals surface area contributed by atoms with Crippen molar-refractivity contribution in [3.05, 3.63) is 12.2 Å². The van der Waals surface area contributed by atoms with Crippen molar-refractivity contribution in [1.82, 2.24) is 0 Å². The lowest BCUT2D eigenvalue weighted by atomic mass is 9.85. The summed E-state index contributed by atoms with van der Waals surface area (Å²) in [5.41, 5.74) is 6.58. The van der Waals surface area contributed by atoms with Crippen LogP contribution in [-0.2, 0) is 0 Å². The topological polar surface area (TPSA) is 49.8 Å². The van der Waals surface area contributed by atoms with Gasteiger partial charge in [0.1, 0.15) is 0 Å². The lowest BCUT2D eigenvalue weighted by molar-refractivity contribution is 0.473. The fourth-order valence-corrected chi connectivity index (χ4v) is 2.36. The molecule has 0 amide bonds. The van der Waals surface area contributed by atoms with Gasteiger partial charge < -0.3 is 5.73 Å². The molecule has 1 unspecified atom stereocenters. The minimum absolute atomic E-state index is 0.303. The van der Waals surface area contributed by atoms with Crippen molar-refractivity contribution in [3.63, 3.8) is 0 Å². The number of nitrogens with zero attached hydrogens (tertiary/aromatic N) is 1. The van der Waals surface area contributed by atoms with Crippen LogP contribution in [0.4, 0.5) is 0 Å². The summed E-state index contributed by atoms with van der Waals surface area (Å²) in [5.74, 6) is 0.363. The van der Waals surface area contributed by atoms with E-state index >= 15 is 0 Å². The second-order valence-corrected chi connectivity index (χ2v) is 6.17. The standard InChI is InChI=1S/C15H26N2S/c1-5-7-13(14(17)18)9-6-8-12(2)10-15(3,4)11-16/h13H,2,5-10H2,1,3-4H3,(H2,17,18). The van der Waals surface area contributed by atoms with E-state index in [0.717, 1.165) is 44.1 Å². The quantitative estimate of drug-likeness (QED) is 0.498. The molecule has 0 saturated carbocycles. The van der Waals surface area contributed by atoms with Gasteiger partial charge in [-0.1, -0.05) is 37.7 Å². The van der Waals surface area contributed by atoms with E-state index in [4.69, 9.17) is 23.2 Å². The Morgan fingerprint density at radius 1 is 1.44 bits per heavy atom. The van der Waals surface area contributed by atoms with E-state index in [1.54, 1.807) is 0 Å². The number of rotatable bonds is 9. The van der Waals surface area contributed by atoms with Crippen LogP contribution in [0.25, 0.3) is 0 Å². The molecule has 0 aromatic rings. The SMILES string of the molecule is C=C(CCCC(CCC)C(N)=S)CC(C)(C)C#N. The summed E-state index contributed by atoms with van der Waals surface area (Å²) < 4.78 is 0. The molecule has 2 nitrogen and oxygen atoms in total. The number of thiocarbonyl (C=S) groups is 1. The van der Waals surface area contributed by atoms with Gasteiger partial charge in [0.15, 0.2) is 0 Å². The van der Waals surface area contributed by atoms with E-state index in [9.17, 15) is 0 Å². The summed E-state index contributed by atoms with van der Waals surface area (Å²) in [6.07, 6.45) is 6.02. The Bertz CT molecular complexity index is 326. The Kier molecular flexibility index (Phi) is 7.86. The van der Waals surface area contributed by atoms with Gasteiger partial charge in [0.2, 0.25) is 0 Å². The zero-order valence-corrected chi connectivity index (χ0v) is 12.8. The van der Waals surface area contributed by atoms with Gasteiger partial charge in [0.05, 0.1) is 16.5 Å². The normalized spacial score (nSPS) is 12.8. The zero-order valence-electron chi connectivity index (χ0n) is 12.0. The average Bonchev–Trinajstić information content (AvgIpc) is 2.27. The highest BCUT2D eigenvalue weighted by Gasteiger charge is 2.18. The Balaban J connectivity index is 4.00. The van der Waals surface area contributed by atoms with Gasteiger partial charge in [-0.2, -0.15) is 5.26 Å². The molecule has 102 valence electrons. The number of nitriles is 1. The molecule has 3 heteroatoms. The lowest BCUT2D eigenvalue weighted by Crippen LogP contribution is -2.21. The first-order chi connectivity index (χ1) is 8.32. The van der Waals surface area contributed by atoms with Crippen molar-refractivity contribution in [2.45, 2.75) is 59.3 Å². The molecule has 18 heavy (non-hydrogen) atoms. The molecule has 0 aromatic heterocycles. The van der Waals surface area contributed by atoms with E-state index in [1.165, 1.54) is 0 Å². The Hall–Kier alpha value is -0.880. The predicted molar refractivity (Wildman–Crippen MR) is 82.2 cm³/mol. The molecular weight excluding hydrogens is 240 g/mol. The maximum Gasteiger partial charge on any atom is 0.0758 e. The summed E-state index contributed by atoms with van der Waals surface area (Å²) in [6, 6.07) is 2.31. The summed E-state index contributed by atoms with van der Waals surface area (Å²) in [6.45, 7) is 10.1. The number of allylic oxidation sites excluding steroid dienone is 1. The second kappa shape index (κ2) is 8.26. The third-order valence-corrected chi connectivity index (χ3v) is 3.45. The maximum atomic E-state index is 8.97. The van der Waals surface area contributed by atoms with Crippen LogP contribution < -0.4 is 5.73 Å². The molecule has 0 aliphatic heterocycles. The van der Waals surface area contributed by atoms with E-state index < -0.39 is 0 Å². The fraction of sp³-hybridized carbons (Fsp3) is 0.733. The van der Waals surface area contributed by atoms with Crippen molar-refractivity contribution >= 4 is 17.2 Å². The van der Waals surface area contributed by atoms with Gasteiger partial charge in [0.25, 0.3) is 0 Å². The van der Waals surface area contributed by atoms with Gasteiger partial charge in [0, 0.05) is 5.92 Å². The molecule has 0 radical (unpaired) electrons. The molecule has 0 fully saturated rings. The summed E-state index contributed by atoms with van der Waals surface area (Å²) in [4.78, 5) is 0.639. The first-order valence-corrected chi connectivity index (χ1v) is 7.10. The molecule has 0 rings (SSSR count). The van der Waals surface area contributed by atoms with E-state index in [0.29, 0.717) is 10.9 Å².